The lowest BCUT2D eigenvalue weighted by molar-refractivity contribution is 0.394. The molecule has 8 nitrogen and oxygen atoms in total. The first-order valence-corrected chi connectivity index (χ1v) is 7.47. The Morgan fingerprint density at radius 2 is 1.57 bits per heavy atom. The molecule has 1 aliphatic heterocycles. The number of piperazine rings is 1. The van der Waals surface area contributed by atoms with E-state index < -0.39 is 0 Å². The van der Waals surface area contributed by atoms with E-state index in [9.17, 15) is 0 Å². The summed E-state index contributed by atoms with van der Waals surface area (Å²) in [6, 6.07) is 3.72. The first-order valence-electron chi connectivity index (χ1n) is 7.47. The lowest BCUT2D eigenvalue weighted by Gasteiger charge is -2.39. The van der Waals surface area contributed by atoms with Crippen LogP contribution in [0, 0.1) is 0 Å². The average molecular weight is 316 g/mol. The summed E-state index contributed by atoms with van der Waals surface area (Å²) in [5.41, 5.74) is 0. The van der Waals surface area contributed by atoms with Gasteiger partial charge in [-0.25, -0.2) is 9.97 Å². The van der Waals surface area contributed by atoms with Crippen LogP contribution in [-0.4, -0.2) is 59.8 Å². The number of hydrogen-bond donors (Lipinski definition) is 0. The monoisotopic (exact) mass is 316 g/mol. The van der Waals surface area contributed by atoms with Crippen LogP contribution in [0.2, 0.25) is 0 Å². The number of anilines is 2. The molecule has 2 aromatic rings. The van der Waals surface area contributed by atoms with Gasteiger partial charge in [0.2, 0.25) is 23.7 Å². The summed E-state index contributed by atoms with van der Waals surface area (Å²) < 4.78 is 10.3. The third-order valence-electron chi connectivity index (χ3n) is 3.82. The predicted molar refractivity (Wildman–Crippen MR) is 86.2 cm³/mol. The van der Waals surface area contributed by atoms with Crippen molar-refractivity contribution in [3.8, 4) is 11.8 Å². The van der Waals surface area contributed by atoms with Gasteiger partial charge in [0.05, 0.1) is 14.2 Å². The number of nitrogens with zero attached hydrogens (tertiary/aromatic N) is 6. The van der Waals surface area contributed by atoms with Crippen LogP contribution in [-0.2, 0) is 0 Å². The van der Waals surface area contributed by atoms with E-state index in [4.69, 9.17) is 9.47 Å². The van der Waals surface area contributed by atoms with Crippen LogP contribution < -0.4 is 19.3 Å². The molecule has 8 heteroatoms. The Hall–Kier alpha value is -2.64. The van der Waals surface area contributed by atoms with E-state index >= 15 is 0 Å². The summed E-state index contributed by atoms with van der Waals surface area (Å²) >= 11 is 0. The molecule has 23 heavy (non-hydrogen) atoms. The largest absolute Gasteiger partial charge is 0.481 e. The number of rotatable bonds is 4. The van der Waals surface area contributed by atoms with Gasteiger partial charge in [-0.2, -0.15) is 9.97 Å². The maximum absolute atomic E-state index is 5.17. The van der Waals surface area contributed by atoms with Gasteiger partial charge in [-0.3, -0.25) is 0 Å². The molecule has 0 amide bonds. The molecule has 3 rings (SSSR count). The average Bonchev–Trinajstić information content (AvgIpc) is 2.61. The van der Waals surface area contributed by atoms with E-state index in [1.807, 2.05) is 0 Å². The minimum absolute atomic E-state index is 0.227. The van der Waals surface area contributed by atoms with Gasteiger partial charge >= 0.3 is 0 Å². The topological polar surface area (TPSA) is 76.5 Å². The third-order valence-corrected chi connectivity index (χ3v) is 3.82. The minimum atomic E-state index is 0.227. The standard InChI is InChI=1S/C15H20N6O2/c1-11-10-20(14-16-6-4-12(18-14)22-2)8-9-21(11)15-17-7-5-13(19-15)23-3/h4-7,11H,8-10H2,1-3H3/t11-/m0/s1. The Morgan fingerprint density at radius 1 is 0.957 bits per heavy atom. The van der Waals surface area contributed by atoms with Gasteiger partial charge in [0.25, 0.3) is 0 Å². The van der Waals surface area contributed by atoms with E-state index in [0.717, 1.165) is 19.6 Å². The highest BCUT2D eigenvalue weighted by molar-refractivity contribution is 5.40. The molecule has 0 N–H and O–H groups in total. The minimum Gasteiger partial charge on any atom is -0.481 e. The van der Waals surface area contributed by atoms with Crippen LogP contribution in [0.4, 0.5) is 11.9 Å². The summed E-state index contributed by atoms with van der Waals surface area (Å²) in [6.07, 6.45) is 3.43. The maximum atomic E-state index is 5.17. The van der Waals surface area contributed by atoms with Gasteiger partial charge < -0.3 is 19.3 Å². The fraction of sp³-hybridized carbons (Fsp3) is 0.467. The van der Waals surface area contributed by atoms with Crippen molar-refractivity contribution in [3.63, 3.8) is 0 Å². The van der Waals surface area contributed by atoms with Gasteiger partial charge in [-0.1, -0.05) is 0 Å². The second kappa shape index (κ2) is 6.64. The molecule has 0 saturated carbocycles. The smallest absolute Gasteiger partial charge is 0.228 e. The maximum Gasteiger partial charge on any atom is 0.228 e. The van der Waals surface area contributed by atoms with Gasteiger partial charge in [-0.05, 0) is 6.92 Å². The summed E-state index contributed by atoms with van der Waals surface area (Å²) in [4.78, 5) is 21.8. The molecule has 3 heterocycles. The third kappa shape index (κ3) is 3.25. The molecule has 0 radical (unpaired) electrons. The first kappa shape index (κ1) is 15.3. The van der Waals surface area contributed by atoms with Gasteiger partial charge in [0.1, 0.15) is 0 Å². The summed E-state index contributed by atoms with van der Waals surface area (Å²) in [5.74, 6) is 2.51. The van der Waals surface area contributed by atoms with Crippen LogP contribution in [0.5, 0.6) is 11.8 Å². The zero-order valence-corrected chi connectivity index (χ0v) is 13.5. The molecular weight excluding hydrogens is 296 g/mol. The Morgan fingerprint density at radius 3 is 2.17 bits per heavy atom. The molecule has 0 aromatic carbocycles. The highest BCUT2D eigenvalue weighted by atomic mass is 16.5. The molecule has 0 unspecified atom stereocenters. The SMILES string of the molecule is COc1ccnc(N2CCN(c3nccc(OC)n3)[C@@H](C)C2)n1. The molecule has 0 spiro atoms. The van der Waals surface area contributed by atoms with E-state index in [1.165, 1.54) is 0 Å². The van der Waals surface area contributed by atoms with Crippen LogP contribution in [0.1, 0.15) is 6.92 Å². The second-order valence-electron chi connectivity index (χ2n) is 5.29. The molecule has 1 atom stereocenters. The molecule has 1 saturated heterocycles. The van der Waals surface area contributed by atoms with E-state index in [-0.39, 0.29) is 6.04 Å². The Bertz CT molecular complexity index is 668. The zero-order valence-electron chi connectivity index (χ0n) is 13.5. The second-order valence-corrected chi connectivity index (χ2v) is 5.29. The quantitative estimate of drug-likeness (QED) is 0.827. The summed E-state index contributed by atoms with van der Waals surface area (Å²) in [7, 11) is 3.21. The van der Waals surface area contributed by atoms with Crippen molar-refractivity contribution in [2.75, 3.05) is 43.7 Å². The van der Waals surface area contributed by atoms with Crippen LogP contribution in [0.15, 0.2) is 24.5 Å². The highest BCUT2D eigenvalue weighted by Gasteiger charge is 2.27. The lowest BCUT2D eigenvalue weighted by atomic mass is 10.2. The van der Waals surface area contributed by atoms with Crippen molar-refractivity contribution in [3.05, 3.63) is 24.5 Å². The van der Waals surface area contributed by atoms with Gasteiger partial charge in [-0.15, -0.1) is 0 Å². The molecule has 1 aliphatic rings. The Balaban J connectivity index is 1.73. The number of hydrogen-bond acceptors (Lipinski definition) is 8. The Kier molecular flexibility index (Phi) is 4.40. The fourth-order valence-electron chi connectivity index (χ4n) is 2.62. The summed E-state index contributed by atoms with van der Waals surface area (Å²) in [5, 5.41) is 0. The molecule has 122 valence electrons. The molecule has 2 aromatic heterocycles. The molecule has 1 fully saturated rings. The number of ether oxygens (including phenoxy) is 2. The van der Waals surface area contributed by atoms with Crippen molar-refractivity contribution in [2.45, 2.75) is 13.0 Å². The molecule has 0 bridgehead atoms. The van der Waals surface area contributed by atoms with Crippen LogP contribution >= 0.6 is 0 Å². The van der Waals surface area contributed by atoms with Gasteiger partial charge in [0, 0.05) is 50.2 Å². The number of methoxy groups -OCH3 is 2. The Labute approximate surface area is 135 Å². The lowest BCUT2D eigenvalue weighted by Crippen LogP contribution is -2.53. The van der Waals surface area contributed by atoms with E-state index in [0.29, 0.717) is 23.7 Å². The van der Waals surface area contributed by atoms with Crippen molar-refractivity contribution in [2.24, 2.45) is 0 Å². The first-order chi connectivity index (χ1) is 11.2. The van der Waals surface area contributed by atoms with E-state index in [2.05, 4.69) is 36.7 Å². The highest BCUT2D eigenvalue weighted by Crippen LogP contribution is 2.21. The van der Waals surface area contributed by atoms with Crippen molar-refractivity contribution >= 4 is 11.9 Å². The molecule has 0 aliphatic carbocycles. The fourth-order valence-corrected chi connectivity index (χ4v) is 2.62. The van der Waals surface area contributed by atoms with Crippen molar-refractivity contribution < 1.29 is 9.47 Å². The molecular formula is C15H20N6O2. The van der Waals surface area contributed by atoms with Crippen LogP contribution in [0.25, 0.3) is 0 Å². The van der Waals surface area contributed by atoms with Gasteiger partial charge in [0.15, 0.2) is 0 Å². The normalized spacial score (nSPS) is 18.0. The summed E-state index contributed by atoms with van der Waals surface area (Å²) in [6.45, 7) is 4.50. The van der Waals surface area contributed by atoms with E-state index in [1.54, 1.807) is 38.7 Å². The van der Waals surface area contributed by atoms with Crippen LogP contribution in [0.3, 0.4) is 0 Å². The number of aromatic nitrogens is 4. The van der Waals surface area contributed by atoms with Crippen molar-refractivity contribution in [1.29, 1.82) is 0 Å². The predicted octanol–water partition coefficient (Wildman–Crippen LogP) is 0.999. The van der Waals surface area contributed by atoms with Crippen molar-refractivity contribution in [1.82, 2.24) is 19.9 Å². The zero-order chi connectivity index (χ0) is 16.2.